The summed E-state index contributed by atoms with van der Waals surface area (Å²) in [6.45, 7) is 3.49. The standard InChI is InChI=1S/C17H18F2O2/c1-17(2,11-7-5-4-6-8-11)16(20)15-13(18)9-12(21-3)10-14(15)19/h4-10,16,20H,1-3H3. The topological polar surface area (TPSA) is 29.5 Å². The fourth-order valence-electron chi connectivity index (χ4n) is 2.33. The number of hydrogen-bond donors (Lipinski definition) is 1. The van der Waals surface area contributed by atoms with E-state index in [1.807, 2.05) is 30.3 Å². The minimum absolute atomic E-state index is 0.0819. The Labute approximate surface area is 123 Å². The van der Waals surface area contributed by atoms with Crippen LogP contribution in [0.2, 0.25) is 0 Å². The summed E-state index contributed by atoms with van der Waals surface area (Å²) in [7, 11) is 1.33. The Morgan fingerprint density at radius 3 is 2.05 bits per heavy atom. The summed E-state index contributed by atoms with van der Waals surface area (Å²) < 4.78 is 33.0. The summed E-state index contributed by atoms with van der Waals surface area (Å²) >= 11 is 0. The smallest absolute Gasteiger partial charge is 0.135 e. The lowest BCUT2D eigenvalue weighted by Crippen LogP contribution is -2.28. The van der Waals surface area contributed by atoms with Gasteiger partial charge in [-0.05, 0) is 5.56 Å². The van der Waals surface area contributed by atoms with Gasteiger partial charge in [-0.15, -0.1) is 0 Å². The number of rotatable bonds is 4. The highest BCUT2D eigenvalue weighted by atomic mass is 19.1. The summed E-state index contributed by atoms with van der Waals surface area (Å²) in [5, 5.41) is 10.5. The van der Waals surface area contributed by atoms with Crippen molar-refractivity contribution in [3.05, 3.63) is 65.2 Å². The minimum atomic E-state index is -1.31. The molecule has 1 N–H and O–H groups in total. The average Bonchev–Trinajstić information content (AvgIpc) is 2.47. The Balaban J connectivity index is 2.47. The van der Waals surface area contributed by atoms with Crippen molar-refractivity contribution >= 4 is 0 Å². The lowest BCUT2D eigenvalue weighted by atomic mass is 9.76. The highest BCUT2D eigenvalue weighted by Crippen LogP contribution is 2.39. The summed E-state index contributed by atoms with van der Waals surface area (Å²) in [5.74, 6) is -1.55. The van der Waals surface area contributed by atoms with E-state index in [-0.39, 0.29) is 11.3 Å². The Hall–Kier alpha value is -1.94. The predicted molar refractivity (Wildman–Crippen MR) is 77.3 cm³/mol. The van der Waals surface area contributed by atoms with Gasteiger partial charge in [0.2, 0.25) is 0 Å². The molecule has 2 aromatic rings. The van der Waals surface area contributed by atoms with Crippen LogP contribution in [0.1, 0.15) is 31.1 Å². The van der Waals surface area contributed by atoms with Crippen molar-refractivity contribution in [3.63, 3.8) is 0 Å². The SMILES string of the molecule is COc1cc(F)c(C(O)C(C)(C)c2ccccc2)c(F)c1. The summed E-state index contributed by atoms with van der Waals surface area (Å²) in [5.41, 5.74) is -0.380. The lowest BCUT2D eigenvalue weighted by molar-refractivity contribution is 0.0925. The molecule has 0 aliphatic heterocycles. The molecule has 0 bridgehead atoms. The number of benzene rings is 2. The molecule has 0 amide bonds. The molecule has 0 saturated carbocycles. The van der Waals surface area contributed by atoms with Gasteiger partial charge in [-0.1, -0.05) is 44.2 Å². The first-order valence-electron chi connectivity index (χ1n) is 6.64. The second kappa shape index (κ2) is 5.82. The summed E-state index contributed by atoms with van der Waals surface area (Å²) in [6, 6.07) is 11.3. The van der Waals surface area contributed by atoms with Crippen LogP contribution < -0.4 is 4.74 Å². The van der Waals surface area contributed by atoms with Crippen molar-refractivity contribution < 1.29 is 18.6 Å². The lowest BCUT2D eigenvalue weighted by Gasteiger charge is -2.32. The van der Waals surface area contributed by atoms with Crippen LogP contribution in [-0.2, 0) is 5.41 Å². The molecule has 0 radical (unpaired) electrons. The molecule has 0 aromatic heterocycles. The van der Waals surface area contributed by atoms with Gasteiger partial charge in [-0.2, -0.15) is 0 Å². The van der Waals surface area contributed by atoms with Crippen LogP contribution in [0.5, 0.6) is 5.75 Å². The molecule has 2 nitrogen and oxygen atoms in total. The first-order valence-corrected chi connectivity index (χ1v) is 6.64. The van der Waals surface area contributed by atoms with E-state index in [1.54, 1.807) is 13.8 Å². The maximum absolute atomic E-state index is 14.1. The zero-order valence-corrected chi connectivity index (χ0v) is 12.2. The van der Waals surface area contributed by atoms with E-state index in [4.69, 9.17) is 4.74 Å². The van der Waals surface area contributed by atoms with Crippen LogP contribution >= 0.6 is 0 Å². The second-order valence-corrected chi connectivity index (χ2v) is 5.49. The molecule has 112 valence electrons. The van der Waals surface area contributed by atoms with Crippen LogP contribution in [-0.4, -0.2) is 12.2 Å². The van der Waals surface area contributed by atoms with Crippen molar-refractivity contribution in [1.29, 1.82) is 0 Å². The fraction of sp³-hybridized carbons (Fsp3) is 0.294. The van der Waals surface area contributed by atoms with Crippen LogP contribution in [0.4, 0.5) is 8.78 Å². The van der Waals surface area contributed by atoms with E-state index in [0.717, 1.165) is 17.7 Å². The number of halogens is 2. The van der Waals surface area contributed by atoms with Gasteiger partial charge in [0.05, 0.1) is 18.8 Å². The fourth-order valence-corrected chi connectivity index (χ4v) is 2.33. The normalized spacial score (nSPS) is 13.0. The van der Waals surface area contributed by atoms with Crippen molar-refractivity contribution in [1.82, 2.24) is 0 Å². The van der Waals surface area contributed by atoms with Crippen LogP contribution in [0.15, 0.2) is 42.5 Å². The van der Waals surface area contributed by atoms with Crippen molar-refractivity contribution in [2.24, 2.45) is 0 Å². The van der Waals surface area contributed by atoms with Crippen LogP contribution in [0.25, 0.3) is 0 Å². The molecule has 2 aromatic carbocycles. The summed E-state index contributed by atoms with van der Waals surface area (Å²) in [4.78, 5) is 0. The highest BCUT2D eigenvalue weighted by molar-refractivity contribution is 5.36. The number of aliphatic hydroxyl groups is 1. The van der Waals surface area contributed by atoms with E-state index in [2.05, 4.69) is 0 Å². The highest BCUT2D eigenvalue weighted by Gasteiger charge is 2.34. The molecule has 2 rings (SSSR count). The molecule has 0 fully saturated rings. The molecule has 1 atom stereocenters. The van der Waals surface area contributed by atoms with Gasteiger partial charge in [0.15, 0.2) is 0 Å². The van der Waals surface area contributed by atoms with Crippen molar-refractivity contribution in [2.75, 3.05) is 7.11 Å². The molecule has 0 heterocycles. The van der Waals surface area contributed by atoms with Crippen molar-refractivity contribution in [3.8, 4) is 5.75 Å². The van der Waals surface area contributed by atoms with E-state index < -0.39 is 23.2 Å². The van der Waals surface area contributed by atoms with E-state index in [1.165, 1.54) is 7.11 Å². The maximum atomic E-state index is 14.1. The maximum Gasteiger partial charge on any atom is 0.135 e. The molecule has 1 unspecified atom stereocenters. The third kappa shape index (κ3) is 2.90. The van der Waals surface area contributed by atoms with E-state index in [9.17, 15) is 13.9 Å². The first kappa shape index (κ1) is 15.4. The Kier molecular flexibility index (Phi) is 4.28. The molecule has 4 heteroatoms. The largest absolute Gasteiger partial charge is 0.497 e. The zero-order valence-electron chi connectivity index (χ0n) is 12.2. The van der Waals surface area contributed by atoms with Gasteiger partial charge < -0.3 is 9.84 Å². The van der Waals surface area contributed by atoms with E-state index in [0.29, 0.717) is 0 Å². The second-order valence-electron chi connectivity index (χ2n) is 5.49. The van der Waals surface area contributed by atoms with Gasteiger partial charge in [-0.25, -0.2) is 8.78 Å². The Morgan fingerprint density at radius 1 is 1.05 bits per heavy atom. The van der Waals surface area contributed by atoms with Crippen LogP contribution in [0.3, 0.4) is 0 Å². The molecule has 0 aliphatic carbocycles. The zero-order chi connectivity index (χ0) is 15.6. The first-order chi connectivity index (χ1) is 9.87. The predicted octanol–water partition coefficient (Wildman–Crippen LogP) is 3.98. The van der Waals surface area contributed by atoms with Gasteiger partial charge in [-0.3, -0.25) is 0 Å². The third-order valence-electron chi connectivity index (χ3n) is 3.76. The molecular formula is C17H18F2O2. The summed E-state index contributed by atoms with van der Waals surface area (Å²) in [6.07, 6.45) is -1.31. The minimum Gasteiger partial charge on any atom is -0.497 e. The average molecular weight is 292 g/mol. The molecule has 0 spiro atoms. The monoisotopic (exact) mass is 292 g/mol. The third-order valence-corrected chi connectivity index (χ3v) is 3.76. The number of methoxy groups -OCH3 is 1. The number of hydrogen-bond acceptors (Lipinski definition) is 2. The quantitative estimate of drug-likeness (QED) is 0.923. The molecule has 21 heavy (non-hydrogen) atoms. The Bertz CT molecular complexity index is 601. The van der Waals surface area contributed by atoms with Gasteiger partial charge in [0, 0.05) is 17.5 Å². The number of aliphatic hydroxyl groups excluding tert-OH is 1. The number of ether oxygens (including phenoxy) is 1. The van der Waals surface area contributed by atoms with Gasteiger partial charge in [0.25, 0.3) is 0 Å². The molecule has 0 aliphatic rings. The Morgan fingerprint density at radius 2 is 1.57 bits per heavy atom. The van der Waals surface area contributed by atoms with Crippen molar-refractivity contribution in [2.45, 2.75) is 25.4 Å². The van der Waals surface area contributed by atoms with Crippen LogP contribution in [0, 0.1) is 11.6 Å². The molecule has 0 saturated heterocycles. The molecular weight excluding hydrogens is 274 g/mol. The van der Waals surface area contributed by atoms with Gasteiger partial charge in [0.1, 0.15) is 17.4 Å². The van der Waals surface area contributed by atoms with Gasteiger partial charge >= 0.3 is 0 Å². The van der Waals surface area contributed by atoms with E-state index >= 15 is 0 Å².